The second-order valence-corrected chi connectivity index (χ2v) is 6.88. The molecule has 4 aromatic rings. The fourth-order valence-electron chi connectivity index (χ4n) is 3.12. The number of hydrogen-bond acceptors (Lipinski definition) is 5. The van der Waals surface area contributed by atoms with Crippen LogP contribution in [0.5, 0.6) is 5.75 Å². The van der Waals surface area contributed by atoms with Gasteiger partial charge in [-0.3, -0.25) is 0 Å². The van der Waals surface area contributed by atoms with Crippen molar-refractivity contribution < 1.29 is 27.3 Å². The number of hydrogen-bond donors (Lipinski definition) is 1. The van der Waals surface area contributed by atoms with Crippen LogP contribution >= 0.6 is 0 Å². The second-order valence-electron chi connectivity index (χ2n) is 6.88. The molecule has 0 saturated carbocycles. The van der Waals surface area contributed by atoms with E-state index in [9.17, 15) is 13.6 Å². The van der Waals surface area contributed by atoms with Gasteiger partial charge in [-0.05, 0) is 36.4 Å². The molecular formula is C23H19F2N3O4. The number of amides is 2. The van der Waals surface area contributed by atoms with E-state index < -0.39 is 17.7 Å². The molecule has 0 fully saturated rings. The molecule has 0 atom stereocenters. The fourth-order valence-corrected chi connectivity index (χ4v) is 3.12. The molecule has 0 unspecified atom stereocenters. The summed E-state index contributed by atoms with van der Waals surface area (Å²) in [5.41, 5.74) is 1.32. The van der Waals surface area contributed by atoms with Gasteiger partial charge in [-0.2, -0.15) is 0 Å². The number of benzene rings is 2. The SMILES string of the molecule is COc1ccccc1-c1cc(CN(Cc2ccco2)C(=O)Nc2ccc(F)c(F)c2)no1. The minimum Gasteiger partial charge on any atom is -0.496 e. The van der Waals surface area contributed by atoms with Gasteiger partial charge >= 0.3 is 6.03 Å². The Hall–Kier alpha value is -4.14. The van der Waals surface area contributed by atoms with Gasteiger partial charge in [0.2, 0.25) is 0 Å². The number of ether oxygens (including phenoxy) is 1. The molecule has 32 heavy (non-hydrogen) atoms. The highest BCUT2D eigenvalue weighted by Crippen LogP contribution is 2.30. The van der Waals surface area contributed by atoms with Crippen LogP contribution in [0.25, 0.3) is 11.3 Å². The van der Waals surface area contributed by atoms with Crippen molar-refractivity contribution >= 4 is 11.7 Å². The molecular weight excluding hydrogens is 420 g/mol. The van der Waals surface area contributed by atoms with E-state index in [2.05, 4.69) is 10.5 Å². The fraction of sp³-hybridized carbons (Fsp3) is 0.130. The molecule has 7 nitrogen and oxygen atoms in total. The first kappa shape index (κ1) is 21.1. The molecule has 2 heterocycles. The number of urea groups is 1. The molecule has 2 aromatic heterocycles. The van der Waals surface area contributed by atoms with Crippen molar-refractivity contribution in [2.24, 2.45) is 0 Å². The third-order valence-corrected chi connectivity index (χ3v) is 4.67. The lowest BCUT2D eigenvalue weighted by molar-refractivity contribution is 0.199. The Morgan fingerprint density at radius 1 is 1.06 bits per heavy atom. The van der Waals surface area contributed by atoms with E-state index in [0.717, 1.165) is 17.7 Å². The minimum atomic E-state index is -1.06. The number of nitrogens with one attached hydrogen (secondary N) is 1. The number of furan rings is 1. The molecule has 0 aliphatic carbocycles. The molecule has 0 bridgehead atoms. The average molecular weight is 439 g/mol. The van der Waals surface area contributed by atoms with Gasteiger partial charge in [-0.15, -0.1) is 0 Å². The molecule has 0 radical (unpaired) electrons. The van der Waals surface area contributed by atoms with E-state index >= 15 is 0 Å². The van der Waals surface area contributed by atoms with E-state index in [1.807, 2.05) is 18.2 Å². The second kappa shape index (κ2) is 9.34. The van der Waals surface area contributed by atoms with Gasteiger partial charge in [-0.25, -0.2) is 13.6 Å². The standard InChI is InChI=1S/C23H19F2N3O4/c1-30-21-7-3-2-6-18(21)22-12-16(27-32-22)13-28(14-17-5-4-10-31-17)23(29)26-15-8-9-19(24)20(25)11-15/h2-12H,13-14H2,1H3,(H,26,29). The number of carbonyl (C=O) groups excluding carboxylic acids is 1. The Kier molecular flexibility index (Phi) is 6.16. The number of methoxy groups -OCH3 is 1. The van der Waals surface area contributed by atoms with Crippen molar-refractivity contribution in [1.29, 1.82) is 0 Å². The predicted molar refractivity (Wildman–Crippen MR) is 112 cm³/mol. The van der Waals surface area contributed by atoms with E-state index in [0.29, 0.717) is 23.0 Å². The van der Waals surface area contributed by atoms with Crippen molar-refractivity contribution in [3.8, 4) is 17.1 Å². The van der Waals surface area contributed by atoms with E-state index in [-0.39, 0.29) is 18.8 Å². The lowest BCUT2D eigenvalue weighted by Gasteiger charge is -2.21. The number of aromatic nitrogens is 1. The smallest absolute Gasteiger partial charge is 0.322 e. The van der Waals surface area contributed by atoms with Crippen LogP contribution in [0.2, 0.25) is 0 Å². The summed E-state index contributed by atoms with van der Waals surface area (Å²) < 4.78 is 42.9. The zero-order valence-corrected chi connectivity index (χ0v) is 17.0. The lowest BCUT2D eigenvalue weighted by Crippen LogP contribution is -2.34. The van der Waals surface area contributed by atoms with Crippen molar-refractivity contribution in [2.75, 3.05) is 12.4 Å². The molecule has 0 aliphatic rings. The van der Waals surface area contributed by atoms with Crippen molar-refractivity contribution in [3.05, 3.63) is 90.0 Å². The van der Waals surface area contributed by atoms with Crippen LogP contribution < -0.4 is 10.1 Å². The summed E-state index contributed by atoms with van der Waals surface area (Å²) in [6.45, 7) is 0.203. The van der Waals surface area contributed by atoms with Crippen LogP contribution in [0, 0.1) is 11.6 Å². The summed E-state index contributed by atoms with van der Waals surface area (Å²) in [6.07, 6.45) is 1.50. The molecule has 9 heteroatoms. The highest BCUT2D eigenvalue weighted by Gasteiger charge is 2.20. The van der Waals surface area contributed by atoms with Gasteiger partial charge in [0.05, 0.1) is 32.0 Å². The summed E-state index contributed by atoms with van der Waals surface area (Å²) in [7, 11) is 1.56. The molecule has 2 aromatic carbocycles. The van der Waals surface area contributed by atoms with Gasteiger partial charge in [0.1, 0.15) is 17.2 Å². The number of para-hydroxylation sites is 1. The quantitative estimate of drug-likeness (QED) is 0.414. The molecule has 0 saturated heterocycles. The third-order valence-electron chi connectivity index (χ3n) is 4.67. The minimum absolute atomic E-state index is 0.0782. The van der Waals surface area contributed by atoms with Gasteiger partial charge < -0.3 is 23.9 Å². The van der Waals surface area contributed by atoms with Crippen molar-refractivity contribution in [3.63, 3.8) is 0 Å². The first-order valence-corrected chi connectivity index (χ1v) is 9.66. The highest BCUT2D eigenvalue weighted by molar-refractivity contribution is 5.89. The maximum atomic E-state index is 13.5. The molecule has 4 rings (SSSR count). The summed E-state index contributed by atoms with van der Waals surface area (Å²) in [6, 6.07) is 15.0. The predicted octanol–water partition coefficient (Wildman–Crippen LogP) is 5.46. The summed E-state index contributed by atoms with van der Waals surface area (Å²) in [4.78, 5) is 14.3. The van der Waals surface area contributed by atoms with Crippen LogP contribution in [0.4, 0.5) is 19.3 Å². The Labute approximate surface area is 182 Å². The average Bonchev–Trinajstić information content (AvgIpc) is 3.48. The van der Waals surface area contributed by atoms with E-state index in [1.165, 1.54) is 17.2 Å². The maximum Gasteiger partial charge on any atom is 0.322 e. The monoisotopic (exact) mass is 439 g/mol. The zero-order valence-electron chi connectivity index (χ0n) is 17.0. The van der Waals surface area contributed by atoms with Crippen LogP contribution in [0.1, 0.15) is 11.5 Å². The Balaban J connectivity index is 1.55. The van der Waals surface area contributed by atoms with Gasteiger partial charge in [0.25, 0.3) is 0 Å². The Morgan fingerprint density at radius 2 is 1.91 bits per heavy atom. The highest BCUT2D eigenvalue weighted by atomic mass is 19.2. The number of halogens is 2. The first-order valence-electron chi connectivity index (χ1n) is 9.66. The molecule has 0 aliphatic heterocycles. The summed E-state index contributed by atoms with van der Waals surface area (Å²) >= 11 is 0. The molecule has 0 spiro atoms. The van der Waals surface area contributed by atoms with Crippen LogP contribution in [0.15, 0.2) is 75.9 Å². The molecule has 164 valence electrons. The topological polar surface area (TPSA) is 80.7 Å². The molecule has 2 amide bonds. The Morgan fingerprint density at radius 3 is 2.66 bits per heavy atom. The largest absolute Gasteiger partial charge is 0.496 e. The number of nitrogens with zero attached hydrogens (tertiary/aromatic N) is 2. The van der Waals surface area contributed by atoms with Crippen molar-refractivity contribution in [1.82, 2.24) is 10.1 Å². The van der Waals surface area contributed by atoms with Gasteiger partial charge in [0.15, 0.2) is 17.4 Å². The first-order chi connectivity index (χ1) is 15.5. The lowest BCUT2D eigenvalue weighted by atomic mass is 10.1. The third kappa shape index (κ3) is 4.77. The number of anilines is 1. The van der Waals surface area contributed by atoms with Crippen LogP contribution in [-0.2, 0) is 13.1 Å². The number of carbonyl (C=O) groups is 1. The summed E-state index contributed by atoms with van der Waals surface area (Å²) in [5, 5.41) is 6.62. The maximum absolute atomic E-state index is 13.5. The van der Waals surface area contributed by atoms with E-state index in [1.54, 1.807) is 31.4 Å². The normalized spacial score (nSPS) is 10.7. The van der Waals surface area contributed by atoms with Crippen LogP contribution in [0.3, 0.4) is 0 Å². The Bertz CT molecular complexity index is 1210. The van der Waals surface area contributed by atoms with Gasteiger partial charge in [-0.1, -0.05) is 17.3 Å². The van der Waals surface area contributed by atoms with E-state index in [4.69, 9.17) is 13.7 Å². The molecule has 1 N–H and O–H groups in total. The summed E-state index contributed by atoms with van der Waals surface area (Å²) in [5.74, 6) is -0.408. The van der Waals surface area contributed by atoms with Gasteiger partial charge in [0, 0.05) is 17.8 Å². The zero-order chi connectivity index (χ0) is 22.5. The van der Waals surface area contributed by atoms with Crippen molar-refractivity contribution in [2.45, 2.75) is 13.1 Å². The van der Waals surface area contributed by atoms with Crippen LogP contribution in [-0.4, -0.2) is 23.2 Å². The number of rotatable bonds is 7.